The van der Waals surface area contributed by atoms with Gasteiger partial charge in [0.2, 0.25) is 0 Å². The Morgan fingerprint density at radius 3 is 2.95 bits per heavy atom. The monoisotopic (exact) mass is 296 g/mol. The minimum absolute atomic E-state index is 0.0898. The van der Waals surface area contributed by atoms with Crippen LogP contribution < -0.4 is 5.32 Å². The summed E-state index contributed by atoms with van der Waals surface area (Å²) in [6, 6.07) is 3.98. The number of nitrogens with one attached hydrogen (secondary N) is 1. The molecule has 6 heteroatoms. The van der Waals surface area contributed by atoms with Crippen molar-refractivity contribution >= 4 is 0 Å². The number of rotatable bonds is 8. The molecule has 0 saturated heterocycles. The summed E-state index contributed by atoms with van der Waals surface area (Å²) in [6.45, 7) is 2.28. The van der Waals surface area contributed by atoms with E-state index in [1.807, 2.05) is 0 Å². The minimum atomic E-state index is -0.915. The molecule has 1 aromatic carbocycles. The maximum atomic E-state index is 13.6. The zero-order valence-corrected chi connectivity index (χ0v) is 11.9. The number of hydrogen-bond donors (Lipinski definition) is 1. The topological polar surface area (TPSA) is 47.3 Å². The summed E-state index contributed by atoms with van der Waals surface area (Å²) >= 11 is 0. The molecule has 0 fully saturated rings. The van der Waals surface area contributed by atoms with Crippen LogP contribution in [0, 0.1) is 11.6 Å². The fourth-order valence-corrected chi connectivity index (χ4v) is 1.91. The van der Waals surface area contributed by atoms with Crippen molar-refractivity contribution in [3.05, 3.63) is 41.9 Å². The second kappa shape index (κ2) is 7.85. The first-order valence-corrected chi connectivity index (χ1v) is 6.81. The van der Waals surface area contributed by atoms with Gasteiger partial charge in [0.05, 0.1) is 18.4 Å². The summed E-state index contributed by atoms with van der Waals surface area (Å²) in [5.41, 5.74) is 0.0898. The van der Waals surface area contributed by atoms with Crippen molar-refractivity contribution in [3.63, 3.8) is 0 Å². The van der Waals surface area contributed by atoms with E-state index >= 15 is 0 Å². The van der Waals surface area contributed by atoms with Gasteiger partial charge >= 0.3 is 0 Å². The zero-order chi connectivity index (χ0) is 15.1. The number of halogens is 2. The fraction of sp³-hybridized carbons (Fsp3) is 0.400. The number of hydrogen-bond acceptors (Lipinski definition) is 4. The van der Waals surface area contributed by atoms with Crippen LogP contribution in [-0.4, -0.2) is 31.8 Å². The van der Waals surface area contributed by atoms with Crippen molar-refractivity contribution in [1.82, 2.24) is 10.3 Å². The van der Waals surface area contributed by atoms with Crippen LogP contribution in [0.3, 0.4) is 0 Å². The average Bonchev–Trinajstić information content (AvgIpc) is 2.94. The summed E-state index contributed by atoms with van der Waals surface area (Å²) in [7, 11) is 1.65. The molecule has 0 spiro atoms. The molecule has 0 unspecified atom stereocenters. The summed E-state index contributed by atoms with van der Waals surface area (Å²) < 4.78 is 37.2. The summed E-state index contributed by atoms with van der Waals surface area (Å²) in [4.78, 5) is 4.09. The fourth-order valence-electron chi connectivity index (χ4n) is 1.91. The highest BCUT2D eigenvalue weighted by Crippen LogP contribution is 2.25. The highest BCUT2D eigenvalue weighted by Gasteiger charge is 2.13. The molecule has 0 bridgehead atoms. The minimum Gasteiger partial charge on any atom is -0.441 e. The van der Waals surface area contributed by atoms with Crippen molar-refractivity contribution in [2.24, 2.45) is 0 Å². The number of nitrogens with zero attached hydrogens (tertiary/aromatic N) is 1. The molecule has 2 rings (SSSR count). The Labute approximate surface area is 122 Å². The second-order valence-corrected chi connectivity index (χ2v) is 4.57. The Hall–Kier alpha value is -1.79. The molecule has 1 aromatic heterocycles. The Kier molecular flexibility index (Phi) is 5.83. The van der Waals surface area contributed by atoms with Gasteiger partial charge in [0.1, 0.15) is 0 Å². The lowest BCUT2D eigenvalue weighted by molar-refractivity contribution is 0.199. The molecule has 0 aliphatic rings. The number of benzene rings is 1. The van der Waals surface area contributed by atoms with Crippen molar-refractivity contribution < 1.29 is 17.9 Å². The van der Waals surface area contributed by atoms with Crippen LogP contribution in [0.2, 0.25) is 0 Å². The van der Waals surface area contributed by atoms with Gasteiger partial charge in [-0.2, -0.15) is 0 Å². The van der Waals surface area contributed by atoms with Gasteiger partial charge in [0.25, 0.3) is 0 Å². The first-order chi connectivity index (χ1) is 10.2. The van der Waals surface area contributed by atoms with Crippen LogP contribution in [0.25, 0.3) is 11.3 Å². The number of aromatic nitrogens is 1. The predicted octanol–water partition coefficient (Wildman–Crippen LogP) is 2.79. The van der Waals surface area contributed by atoms with Gasteiger partial charge in [0.15, 0.2) is 23.3 Å². The summed E-state index contributed by atoms with van der Waals surface area (Å²) in [5, 5.41) is 3.21. The maximum absolute atomic E-state index is 13.6. The molecule has 21 heavy (non-hydrogen) atoms. The van der Waals surface area contributed by atoms with Gasteiger partial charge in [-0.25, -0.2) is 13.8 Å². The van der Waals surface area contributed by atoms with E-state index in [4.69, 9.17) is 9.15 Å². The molecule has 0 saturated carbocycles. The average molecular weight is 296 g/mol. The van der Waals surface area contributed by atoms with E-state index in [-0.39, 0.29) is 11.3 Å². The Bertz CT molecular complexity index is 573. The first-order valence-electron chi connectivity index (χ1n) is 6.81. The van der Waals surface area contributed by atoms with Crippen LogP contribution >= 0.6 is 0 Å². The van der Waals surface area contributed by atoms with Gasteiger partial charge < -0.3 is 14.5 Å². The summed E-state index contributed by atoms with van der Waals surface area (Å²) in [5.74, 6) is -1.05. The number of oxazole rings is 1. The van der Waals surface area contributed by atoms with Gasteiger partial charge in [-0.3, -0.25) is 0 Å². The molecule has 0 radical (unpaired) electrons. The Morgan fingerprint density at radius 1 is 1.29 bits per heavy atom. The SMILES string of the molecule is COCCNCCCc1ncc(-c2cccc(F)c2F)o1. The third-order valence-corrected chi connectivity index (χ3v) is 3.00. The molecule has 0 aliphatic heterocycles. The van der Waals surface area contributed by atoms with Crippen molar-refractivity contribution in [3.8, 4) is 11.3 Å². The molecule has 4 nitrogen and oxygen atoms in total. The van der Waals surface area contributed by atoms with E-state index < -0.39 is 11.6 Å². The normalized spacial score (nSPS) is 11.0. The van der Waals surface area contributed by atoms with E-state index in [1.54, 1.807) is 7.11 Å². The van der Waals surface area contributed by atoms with Crippen molar-refractivity contribution in [2.45, 2.75) is 12.8 Å². The lowest BCUT2D eigenvalue weighted by atomic mass is 10.2. The lowest BCUT2D eigenvalue weighted by Crippen LogP contribution is -2.20. The van der Waals surface area contributed by atoms with Gasteiger partial charge in [-0.05, 0) is 25.1 Å². The Morgan fingerprint density at radius 2 is 2.14 bits per heavy atom. The predicted molar refractivity (Wildman–Crippen MR) is 74.9 cm³/mol. The highest BCUT2D eigenvalue weighted by molar-refractivity contribution is 5.57. The number of ether oxygens (including phenoxy) is 1. The molecular formula is C15H18F2N2O2. The van der Waals surface area contributed by atoms with Crippen LogP contribution in [0.1, 0.15) is 12.3 Å². The maximum Gasteiger partial charge on any atom is 0.194 e. The van der Waals surface area contributed by atoms with E-state index in [0.717, 1.165) is 25.6 Å². The van der Waals surface area contributed by atoms with Crippen molar-refractivity contribution in [1.29, 1.82) is 0 Å². The Balaban J connectivity index is 1.88. The molecule has 2 aromatic rings. The quantitative estimate of drug-likeness (QED) is 0.761. The van der Waals surface area contributed by atoms with Crippen LogP contribution in [0.5, 0.6) is 0 Å². The lowest BCUT2D eigenvalue weighted by Gasteiger charge is -2.02. The second-order valence-electron chi connectivity index (χ2n) is 4.57. The first kappa shape index (κ1) is 15.6. The largest absolute Gasteiger partial charge is 0.441 e. The van der Waals surface area contributed by atoms with Crippen LogP contribution in [-0.2, 0) is 11.2 Å². The van der Waals surface area contributed by atoms with E-state index in [9.17, 15) is 8.78 Å². The molecule has 114 valence electrons. The van der Waals surface area contributed by atoms with Gasteiger partial charge in [-0.15, -0.1) is 0 Å². The van der Waals surface area contributed by atoms with Gasteiger partial charge in [0, 0.05) is 20.1 Å². The van der Waals surface area contributed by atoms with E-state index in [2.05, 4.69) is 10.3 Å². The van der Waals surface area contributed by atoms with Crippen molar-refractivity contribution in [2.75, 3.05) is 26.8 Å². The third-order valence-electron chi connectivity index (χ3n) is 3.00. The molecular weight excluding hydrogens is 278 g/mol. The zero-order valence-electron chi connectivity index (χ0n) is 11.9. The van der Waals surface area contributed by atoms with E-state index in [0.29, 0.717) is 18.9 Å². The highest BCUT2D eigenvalue weighted by atomic mass is 19.2. The summed E-state index contributed by atoms with van der Waals surface area (Å²) in [6.07, 6.45) is 2.90. The standard InChI is InChI=1S/C15H18F2N2O2/c1-20-9-8-18-7-3-6-14-19-10-13(21-14)11-4-2-5-12(16)15(11)17/h2,4-5,10,18H,3,6-9H2,1H3. The molecule has 0 aliphatic carbocycles. The molecule has 1 heterocycles. The molecule has 0 atom stereocenters. The third kappa shape index (κ3) is 4.34. The smallest absolute Gasteiger partial charge is 0.194 e. The number of aryl methyl sites for hydroxylation is 1. The molecule has 1 N–H and O–H groups in total. The van der Waals surface area contributed by atoms with Crippen LogP contribution in [0.15, 0.2) is 28.8 Å². The van der Waals surface area contributed by atoms with E-state index in [1.165, 1.54) is 18.3 Å². The molecule has 0 amide bonds. The van der Waals surface area contributed by atoms with Crippen LogP contribution in [0.4, 0.5) is 8.78 Å². The van der Waals surface area contributed by atoms with Gasteiger partial charge in [-0.1, -0.05) is 6.07 Å². The number of methoxy groups -OCH3 is 1.